The number of ether oxygens (including phenoxy) is 1. The Hall–Kier alpha value is -1.67. The molecule has 0 aliphatic rings. The van der Waals surface area contributed by atoms with Gasteiger partial charge >= 0.3 is 5.97 Å². The molecule has 1 aromatic rings. The lowest BCUT2D eigenvalue weighted by Gasteiger charge is -2.24. The molecule has 0 aromatic carbocycles. The number of ketones is 1. The van der Waals surface area contributed by atoms with Gasteiger partial charge in [0.15, 0.2) is 5.78 Å². The van der Waals surface area contributed by atoms with Gasteiger partial charge in [0.1, 0.15) is 5.92 Å². The van der Waals surface area contributed by atoms with Gasteiger partial charge in [-0.05, 0) is 32.2 Å². The number of nitrogens with zero attached hydrogens (tertiary/aromatic N) is 1. The van der Waals surface area contributed by atoms with Crippen molar-refractivity contribution >= 4 is 23.1 Å². The van der Waals surface area contributed by atoms with Gasteiger partial charge in [0.25, 0.3) is 0 Å². The molecule has 0 N–H and O–H groups in total. The van der Waals surface area contributed by atoms with Crippen molar-refractivity contribution in [3.8, 4) is 6.07 Å². The fraction of sp³-hybridized carbons (Fsp3) is 0.462. The van der Waals surface area contributed by atoms with Crippen LogP contribution in [0.15, 0.2) is 17.5 Å². The van der Waals surface area contributed by atoms with Crippen LogP contribution in [0.1, 0.15) is 30.4 Å². The van der Waals surface area contributed by atoms with E-state index in [9.17, 15) is 9.59 Å². The van der Waals surface area contributed by atoms with Gasteiger partial charge in [0, 0.05) is 0 Å². The van der Waals surface area contributed by atoms with Crippen molar-refractivity contribution in [3.63, 3.8) is 0 Å². The summed E-state index contributed by atoms with van der Waals surface area (Å²) in [6.07, 6.45) is 0. The molecule has 4 nitrogen and oxygen atoms in total. The zero-order chi connectivity index (χ0) is 13.8. The largest absolute Gasteiger partial charge is 0.465 e. The molecule has 1 aromatic heterocycles. The predicted molar refractivity (Wildman–Crippen MR) is 68.2 cm³/mol. The van der Waals surface area contributed by atoms with Crippen LogP contribution in [0.4, 0.5) is 0 Å². The zero-order valence-electron chi connectivity index (χ0n) is 10.6. The van der Waals surface area contributed by atoms with Crippen molar-refractivity contribution in [1.82, 2.24) is 0 Å². The Morgan fingerprint density at radius 1 is 1.56 bits per heavy atom. The lowest BCUT2D eigenvalue weighted by Crippen LogP contribution is -2.37. The average Bonchev–Trinajstić information content (AvgIpc) is 2.82. The Kier molecular flexibility index (Phi) is 4.62. The van der Waals surface area contributed by atoms with Crippen LogP contribution in [0.25, 0.3) is 0 Å². The Bertz CT molecular complexity index is 471. The number of esters is 1. The SMILES string of the molecule is CCOC(=O)C(C(=O)c1cccs1)C(C)(C)C#N. The minimum Gasteiger partial charge on any atom is -0.465 e. The third-order valence-electron chi connectivity index (χ3n) is 2.56. The monoisotopic (exact) mass is 265 g/mol. The lowest BCUT2D eigenvalue weighted by atomic mass is 9.77. The molecule has 0 aliphatic heterocycles. The second-order valence-electron chi connectivity index (χ2n) is 4.36. The van der Waals surface area contributed by atoms with Crippen LogP contribution in [0.5, 0.6) is 0 Å². The van der Waals surface area contributed by atoms with E-state index in [4.69, 9.17) is 10.00 Å². The van der Waals surface area contributed by atoms with Gasteiger partial charge in [-0.25, -0.2) is 0 Å². The second kappa shape index (κ2) is 5.78. The summed E-state index contributed by atoms with van der Waals surface area (Å²) < 4.78 is 4.91. The third kappa shape index (κ3) is 2.96. The lowest BCUT2D eigenvalue weighted by molar-refractivity contribution is -0.148. The van der Waals surface area contributed by atoms with E-state index in [1.165, 1.54) is 11.3 Å². The summed E-state index contributed by atoms with van der Waals surface area (Å²) in [4.78, 5) is 24.7. The van der Waals surface area contributed by atoms with E-state index in [0.717, 1.165) is 0 Å². The molecule has 1 heterocycles. The number of carbonyl (C=O) groups is 2. The van der Waals surface area contributed by atoms with Crippen LogP contribution in [-0.2, 0) is 9.53 Å². The van der Waals surface area contributed by atoms with Gasteiger partial charge in [-0.1, -0.05) is 6.07 Å². The molecular weight excluding hydrogens is 250 g/mol. The Labute approximate surface area is 110 Å². The van der Waals surface area contributed by atoms with Crippen LogP contribution in [0.2, 0.25) is 0 Å². The van der Waals surface area contributed by atoms with Crippen molar-refractivity contribution < 1.29 is 14.3 Å². The highest BCUT2D eigenvalue weighted by Crippen LogP contribution is 2.31. The number of nitriles is 1. The van der Waals surface area contributed by atoms with E-state index in [1.807, 2.05) is 6.07 Å². The normalized spacial score (nSPS) is 12.6. The zero-order valence-corrected chi connectivity index (χ0v) is 11.4. The summed E-state index contributed by atoms with van der Waals surface area (Å²) in [6, 6.07) is 5.39. The van der Waals surface area contributed by atoms with Gasteiger partial charge in [0.05, 0.1) is 23.0 Å². The first-order valence-electron chi connectivity index (χ1n) is 5.59. The molecule has 18 heavy (non-hydrogen) atoms. The molecule has 0 radical (unpaired) electrons. The van der Waals surface area contributed by atoms with Crippen LogP contribution >= 0.6 is 11.3 Å². The van der Waals surface area contributed by atoms with Crippen molar-refractivity contribution in [3.05, 3.63) is 22.4 Å². The summed E-state index contributed by atoms with van der Waals surface area (Å²) in [5.41, 5.74) is -1.09. The van der Waals surface area contributed by atoms with Gasteiger partial charge in [0.2, 0.25) is 0 Å². The smallest absolute Gasteiger partial charge is 0.318 e. The molecule has 1 atom stereocenters. The van der Waals surface area contributed by atoms with E-state index in [2.05, 4.69) is 0 Å². The number of rotatable bonds is 5. The quantitative estimate of drug-likeness (QED) is 0.466. The van der Waals surface area contributed by atoms with Crippen molar-refractivity contribution in [1.29, 1.82) is 5.26 Å². The van der Waals surface area contributed by atoms with Crippen LogP contribution in [0.3, 0.4) is 0 Å². The summed E-state index contributed by atoms with van der Waals surface area (Å²) in [6.45, 7) is 5.00. The minimum atomic E-state index is -1.09. The average molecular weight is 265 g/mol. The standard InChI is InChI=1S/C13H15NO3S/c1-4-17-12(16)10(13(2,3)8-14)11(15)9-6-5-7-18-9/h5-7,10H,4H2,1-3H3. The summed E-state index contributed by atoms with van der Waals surface area (Å²) in [5.74, 6) is -2.07. The minimum absolute atomic E-state index is 0.189. The van der Waals surface area contributed by atoms with Gasteiger partial charge in [-0.3, -0.25) is 9.59 Å². The number of hydrogen-bond donors (Lipinski definition) is 0. The first-order chi connectivity index (χ1) is 8.44. The van der Waals surface area contributed by atoms with Crippen molar-refractivity contribution in [2.45, 2.75) is 20.8 Å². The first-order valence-corrected chi connectivity index (χ1v) is 6.47. The maximum atomic E-state index is 12.3. The number of thiophene rings is 1. The number of hydrogen-bond acceptors (Lipinski definition) is 5. The molecule has 0 saturated heterocycles. The summed E-state index contributed by atoms with van der Waals surface area (Å²) >= 11 is 1.25. The highest BCUT2D eigenvalue weighted by Gasteiger charge is 2.43. The Balaban J connectivity index is 3.10. The second-order valence-corrected chi connectivity index (χ2v) is 5.31. The maximum Gasteiger partial charge on any atom is 0.318 e. The topological polar surface area (TPSA) is 67.2 Å². The van der Waals surface area contributed by atoms with Crippen LogP contribution in [0, 0.1) is 22.7 Å². The summed E-state index contributed by atoms with van der Waals surface area (Å²) in [5, 5.41) is 10.9. The van der Waals surface area contributed by atoms with E-state index >= 15 is 0 Å². The van der Waals surface area contributed by atoms with E-state index < -0.39 is 17.3 Å². The van der Waals surface area contributed by atoms with E-state index in [0.29, 0.717) is 4.88 Å². The predicted octanol–water partition coefficient (Wildman–Crippen LogP) is 2.66. The van der Waals surface area contributed by atoms with Crippen molar-refractivity contribution in [2.75, 3.05) is 6.61 Å². The Morgan fingerprint density at radius 2 is 2.22 bits per heavy atom. The molecule has 5 heteroatoms. The Morgan fingerprint density at radius 3 is 2.67 bits per heavy atom. The molecule has 1 rings (SSSR count). The van der Waals surface area contributed by atoms with Gasteiger partial charge in [-0.2, -0.15) is 5.26 Å². The third-order valence-corrected chi connectivity index (χ3v) is 3.44. The molecule has 0 bridgehead atoms. The first kappa shape index (κ1) is 14.4. The number of Topliss-reactive ketones (excluding diaryl/α,β-unsaturated/α-hetero) is 1. The molecular formula is C13H15NO3S. The molecule has 0 saturated carbocycles. The summed E-state index contributed by atoms with van der Waals surface area (Å²) in [7, 11) is 0. The maximum absolute atomic E-state index is 12.3. The molecule has 96 valence electrons. The van der Waals surface area contributed by atoms with E-state index in [1.54, 1.807) is 38.3 Å². The van der Waals surface area contributed by atoms with E-state index in [-0.39, 0.29) is 12.4 Å². The molecule has 0 aliphatic carbocycles. The highest BCUT2D eigenvalue weighted by molar-refractivity contribution is 7.12. The van der Waals surface area contributed by atoms with Crippen LogP contribution in [-0.4, -0.2) is 18.4 Å². The molecule has 0 spiro atoms. The van der Waals surface area contributed by atoms with Gasteiger partial charge < -0.3 is 4.74 Å². The molecule has 1 unspecified atom stereocenters. The number of carbonyl (C=O) groups excluding carboxylic acids is 2. The highest BCUT2D eigenvalue weighted by atomic mass is 32.1. The van der Waals surface area contributed by atoms with Crippen molar-refractivity contribution in [2.24, 2.45) is 11.3 Å². The van der Waals surface area contributed by atoms with Crippen LogP contribution < -0.4 is 0 Å². The fourth-order valence-electron chi connectivity index (χ4n) is 1.58. The van der Waals surface area contributed by atoms with Gasteiger partial charge in [-0.15, -0.1) is 11.3 Å². The molecule has 0 amide bonds. The molecule has 0 fully saturated rings. The fourth-order valence-corrected chi connectivity index (χ4v) is 2.28.